The van der Waals surface area contributed by atoms with Crippen LogP contribution in [0.4, 0.5) is 0 Å². The maximum absolute atomic E-state index is 15.1. The van der Waals surface area contributed by atoms with E-state index in [0.717, 1.165) is 0 Å². The van der Waals surface area contributed by atoms with Gasteiger partial charge in [-0.3, -0.25) is 0 Å². The van der Waals surface area contributed by atoms with Crippen molar-refractivity contribution in [1.82, 2.24) is 19.9 Å². The van der Waals surface area contributed by atoms with Crippen LogP contribution in [-0.4, -0.2) is 19.9 Å². The lowest BCUT2D eigenvalue weighted by molar-refractivity contribution is 0.590. The predicted molar refractivity (Wildman–Crippen MR) is 161 cm³/mol. The van der Waals surface area contributed by atoms with Gasteiger partial charge in [0.15, 0.2) is 0 Å². The Bertz CT molecular complexity index is 1740. The van der Waals surface area contributed by atoms with E-state index in [0.29, 0.717) is 55.1 Å². The van der Waals surface area contributed by atoms with Crippen molar-refractivity contribution in [3.8, 4) is 22.8 Å². The lowest BCUT2D eigenvalue weighted by atomic mass is 10.2. The van der Waals surface area contributed by atoms with Crippen molar-refractivity contribution in [3.05, 3.63) is 133 Å². The summed E-state index contributed by atoms with van der Waals surface area (Å²) >= 11 is 0. The fourth-order valence-electron chi connectivity index (χ4n) is 5.00. The molecule has 7 rings (SSSR count). The van der Waals surface area contributed by atoms with Gasteiger partial charge in [-0.2, -0.15) is 0 Å². The highest BCUT2D eigenvalue weighted by atomic mass is 31.2. The van der Waals surface area contributed by atoms with Crippen molar-refractivity contribution in [2.24, 2.45) is 0 Å². The molecule has 5 heterocycles. The van der Waals surface area contributed by atoms with Gasteiger partial charge in [-0.25, -0.2) is 19.9 Å². The molecule has 4 aromatic heterocycles. The minimum Gasteiger partial charge on any atom is -0.305 e. The van der Waals surface area contributed by atoms with E-state index in [-0.39, 0.29) is 0 Å². The van der Waals surface area contributed by atoms with E-state index >= 15 is 9.13 Å². The minimum atomic E-state index is -3.47. The maximum atomic E-state index is 15.1. The zero-order valence-corrected chi connectivity index (χ0v) is 23.0. The Kier molecular flexibility index (Phi) is 5.89. The Morgan fingerprint density at radius 3 is 0.875 bits per heavy atom. The summed E-state index contributed by atoms with van der Waals surface area (Å²) in [6, 6.07) is 40.4. The summed E-state index contributed by atoms with van der Waals surface area (Å²) in [5.41, 5.74) is 3.73. The average molecular weight is 557 g/mol. The third kappa shape index (κ3) is 3.88. The van der Waals surface area contributed by atoms with Crippen molar-refractivity contribution >= 4 is 46.6 Å². The van der Waals surface area contributed by atoms with Crippen molar-refractivity contribution in [1.29, 1.82) is 0 Å². The monoisotopic (exact) mass is 556 g/mol. The summed E-state index contributed by atoms with van der Waals surface area (Å²) < 4.78 is 30.3. The quantitative estimate of drug-likeness (QED) is 0.297. The van der Waals surface area contributed by atoms with Crippen molar-refractivity contribution in [2.45, 2.75) is 0 Å². The van der Waals surface area contributed by atoms with Gasteiger partial charge in [0.2, 0.25) is 14.3 Å². The number of benzene rings is 2. The smallest absolute Gasteiger partial charge is 0.206 e. The molecule has 1 aliphatic heterocycles. The van der Waals surface area contributed by atoms with Gasteiger partial charge in [-0.1, -0.05) is 84.9 Å². The van der Waals surface area contributed by atoms with Crippen molar-refractivity contribution in [2.75, 3.05) is 0 Å². The molecule has 6 aromatic rings. The van der Waals surface area contributed by atoms with E-state index in [4.69, 9.17) is 19.9 Å². The second-order valence-electron chi connectivity index (χ2n) is 9.41. The van der Waals surface area contributed by atoms with Crippen LogP contribution in [0.15, 0.2) is 133 Å². The standard InChI is InChI=1S/C32H22N4O2P2/c37-39(23-11-3-1-4-12-23)29-19-7-15-25(33-29)27-17-9-21-31(35-27)40(38,24-13-5-2-6-14-24)32-22-10-18-28(36-32)26-16-8-20-30(39)34-26/h1-22H. The molecule has 0 N–H and O–H groups in total. The highest BCUT2D eigenvalue weighted by molar-refractivity contribution is 7.85. The van der Waals surface area contributed by atoms with E-state index in [1.165, 1.54) is 0 Å². The topological polar surface area (TPSA) is 85.7 Å². The Labute approximate surface area is 231 Å². The Balaban J connectivity index is 1.59. The highest BCUT2D eigenvalue weighted by Crippen LogP contribution is 2.43. The lowest BCUT2D eigenvalue weighted by Gasteiger charge is -2.21. The Hall–Kier alpha value is -4.50. The summed E-state index contributed by atoms with van der Waals surface area (Å²) in [7, 11) is -6.95. The molecule has 0 atom stereocenters. The molecule has 0 radical (unpaired) electrons. The van der Waals surface area contributed by atoms with Gasteiger partial charge in [-0.05, 0) is 48.5 Å². The second kappa shape index (κ2) is 9.60. The van der Waals surface area contributed by atoms with E-state index < -0.39 is 14.3 Å². The van der Waals surface area contributed by atoms with Gasteiger partial charge >= 0.3 is 0 Å². The normalized spacial score (nSPS) is 19.4. The lowest BCUT2D eigenvalue weighted by Crippen LogP contribution is -2.31. The van der Waals surface area contributed by atoms with Gasteiger partial charge in [-0.15, -0.1) is 0 Å². The van der Waals surface area contributed by atoms with Crippen LogP contribution in [0.1, 0.15) is 0 Å². The van der Waals surface area contributed by atoms with Crippen molar-refractivity contribution in [3.63, 3.8) is 0 Å². The predicted octanol–water partition coefficient (Wildman–Crippen LogP) is 4.19. The maximum Gasteiger partial charge on any atom is 0.206 e. The number of pyridine rings is 4. The molecule has 2 aromatic carbocycles. The first-order chi connectivity index (χ1) is 19.6. The molecule has 1 aliphatic rings. The SMILES string of the molecule is O=P1(c2ccccc2)c2cccc(n2)-c2cccc(n2)P(=O)(c2ccccc2)c2cccc(n2)-c2cccc1n2. The number of fused-ring (bicyclic) bond motifs is 10. The number of rotatable bonds is 2. The van der Waals surface area contributed by atoms with E-state index in [9.17, 15) is 0 Å². The summed E-state index contributed by atoms with van der Waals surface area (Å²) in [6.07, 6.45) is 0. The van der Waals surface area contributed by atoms with Crippen LogP contribution in [0.3, 0.4) is 0 Å². The molecule has 8 heteroatoms. The zero-order valence-electron chi connectivity index (χ0n) is 21.2. The first kappa shape index (κ1) is 24.5. The van der Waals surface area contributed by atoms with Crippen molar-refractivity contribution < 1.29 is 9.13 Å². The van der Waals surface area contributed by atoms with Crippen LogP contribution in [-0.2, 0) is 9.13 Å². The van der Waals surface area contributed by atoms with Gasteiger partial charge in [0.1, 0.15) is 21.7 Å². The molecule has 6 nitrogen and oxygen atoms in total. The zero-order chi connectivity index (χ0) is 27.2. The number of hydrogen-bond donors (Lipinski definition) is 0. The highest BCUT2D eigenvalue weighted by Gasteiger charge is 2.36. The fourth-order valence-corrected chi connectivity index (χ4v) is 9.89. The molecule has 0 saturated heterocycles. The van der Waals surface area contributed by atoms with Crippen LogP contribution in [0.5, 0.6) is 0 Å². The molecule has 40 heavy (non-hydrogen) atoms. The largest absolute Gasteiger partial charge is 0.305 e. The number of aromatic nitrogens is 4. The van der Waals surface area contributed by atoms with Crippen LogP contribution in [0, 0.1) is 0 Å². The molecule has 0 aliphatic carbocycles. The van der Waals surface area contributed by atoms with Crippen LogP contribution in [0.2, 0.25) is 0 Å². The van der Waals surface area contributed by atoms with Gasteiger partial charge < -0.3 is 9.13 Å². The van der Waals surface area contributed by atoms with Gasteiger partial charge in [0.25, 0.3) is 0 Å². The Morgan fingerprint density at radius 2 is 0.600 bits per heavy atom. The van der Waals surface area contributed by atoms with E-state index in [2.05, 4.69) is 0 Å². The molecular formula is C32H22N4O2P2. The summed E-state index contributed by atoms with van der Waals surface area (Å²) in [4.78, 5) is 19.6. The molecule has 192 valence electrons. The third-order valence-electron chi connectivity index (χ3n) is 6.99. The molecule has 0 saturated carbocycles. The molecule has 0 amide bonds. The first-order valence-corrected chi connectivity index (χ1v) is 16.2. The molecular weight excluding hydrogens is 534 g/mol. The minimum absolute atomic E-state index is 0.401. The summed E-state index contributed by atoms with van der Waals surface area (Å²) in [6.45, 7) is 0. The van der Waals surface area contributed by atoms with Crippen LogP contribution < -0.4 is 32.3 Å². The molecule has 8 bridgehead atoms. The fraction of sp³-hybridized carbons (Fsp3) is 0. The average Bonchev–Trinajstić information content (AvgIpc) is 3.04. The molecule has 0 spiro atoms. The molecule has 0 unspecified atom stereocenters. The van der Waals surface area contributed by atoms with Gasteiger partial charge in [0, 0.05) is 10.6 Å². The molecule has 0 fully saturated rings. The summed E-state index contributed by atoms with van der Waals surface area (Å²) in [5.74, 6) is 0. The van der Waals surface area contributed by atoms with Crippen LogP contribution >= 0.6 is 14.3 Å². The Morgan fingerprint density at radius 1 is 0.325 bits per heavy atom. The van der Waals surface area contributed by atoms with Gasteiger partial charge in [0.05, 0.1) is 22.8 Å². The first-order valence-electron chi connectivity index (χ1n) is 12.8. The number of nitrogens with zero attached hydrogens (tertiary/aromatic N) is 4. The third-order valence-corrected chi connectivity index (χ3v) is 12.6. The van der Waals surface area contributed by atoms with Crippen LogP contribution in [0.25, 0.3) is 22.8 Å². The van der Waals surface area contributed by atoms with E-state index in [1.54, 1.807) is 24.3 Å². The van der Waals surface area contributed by atoms with E-state index in [1.807, 2.05) is 109 Å². The number of hydrogen-bond acceptors (Lipinski definition) is 6. The second-order valence-corrected chi connectivity index (χ2v) is 14.7. The summed E-state index contributed by atoms with van der Waals surface area (Å²) in [5, 5.41) is 1.27.